The Balaban J connectivity index is 3.48. The van der Waals surface area contributed by atoms with Crippen LogP contribution in [0.5, 0.6) is 0 Å². The van der Waals surface area contributed by atoms with Crippen LogP contribution in [0.2, 0.25) is 0 Å². The summed E-state index contributed by atoms with van der Waals surface area (Å²) < 4.78 is 4.66. The van der Waals surface area contributed by atoms with Crippen molar-refractivity contribution in [3.8, 4) is 0 Å². The monoisotopic (exact) mass is 201 g/mol. The van der Waals surface area contributed by atoms with Crippen LogP contribution >= 0.6 is 0 Å². The van der Waals surface area contributed by atoms with Crippen LogP contribution in [-0.2, 0) is 14.3 Å². The molecule has 0 aliphatic carbocycles. The van der Waals surface area contributed by atoms with Gasteiger partial charge in [0.25, 0.3) is 0 Å². The molecule has 4 heteroatoms. The lowest BCUT2D eigenvalue weighted by Crippen LogP contribution is -2.30. The van der Waals surface area contributed by atoms with E-state index in [1.54, 1.807) is 6.92 Å². The van der Waals surface area contributed by atoms with Gasteiger partial charge in [0.2, 0.25) is 5.91 Å². The van der Waals surface area contributed by atoms with Crippen molar-refractivity contribution in [1.29, 1.82) is 0 Å². The summed E-state index contributed by atoms with van der Waals surface area (Å²) in [6.45, 7) is 6.17. The van der Waals surface area contributed by atoms with E-state index in [9.17, 15) is 9.59 Å². The van der Waals surface area contributed by atoms with Gasteiger partial charge < -0.3 is 10.1 Å². The second kappa shape index (κ2) is 7.35. The Bertz CT molecular complexity index is 190. The van der Waals surface area contributed by atoms with Crippen molar-refractivity contribution in [3.63, 3.8) is 0 Å². The molecule has 1 N–H and O–H groups in total. The number of nitrogens with one attached hydrogen (secondary N) is 1. The standard InChI is InChI=1S/C10H19NO3/c1-4-14-10(13)7-11-9(12)6-5-8(2)3/h8H,4-7H2,1-3H3,(H,11,12). The quantitative estimate of drug-likeness (QED) is 0.655. The molecule has 0 aliphatic heterocycles. The minimum atomic E-state index is -0.384. The van der Waals surface area contributed by atoms with Gasteiger partial charge in [-0.25, -0.2) is 0 Å². The van der Waals surface area contributed by atoms with Gasteiger partial charge in [-0.1, -0.05) is 13.8 Å². The Kier molecular flexibility index (Phi) is 6.80. The maximum absolute atomic E-state index is 11.1. The number of ether oxygens (including phenoxy) is 1. The molecule has 0 heterocycles. The number of hydrogen-bond donors (Lipinski definition) is 1. The van der Waals surface area contributed by atoms with Crippen molar-refractivity contribution in [2.75, 3.05) is 13.2 Å². The van der Waals surface area contributed by atoms with E-state index in [1.165, 1.54) is 0 Å². The first-order chi connectivity index (χ1) is 6.56. The summed E-state index contributed by atoms with van der Waals surface area (Å²) in [5.41, 5.74) is 0. The van der Waals surface area contributed by atoms with Gasteiger partial charge in [0.15, 0.2) is 0 Å². The van der Waals surface area contributed by atoms with Crippen LogP contribution in [0, 0.1) is 5.92 Å². The van der Waals surface area contributed by atoms with E-state index in [-0.39, 0.29) is 18.4 Å². The zero-order valence-corrected chi connectivity index (χ0v) is 9.13. The van der Waals surface area contributed by atoms with Crippen molar-refractivity contribution in [1.82, 2.24) is 5.32 Å². The average Bonchev–Trinajstić information content (AvgIpc) is 2.12. The molecular weight excluding hydrogens is 182 g/mol. The fraction of sp³-hybridized carbons (Fsp3) is 0.800. The van der Waals surface area contributed by atoms with Crippen LogP contribution in [0.15, 0.2) is 0 Å². The molecule has 4 nitrogen and oxygen atoms in total. The fourth-order valence-corrected chi connectivity index (χ4v) is 0.891. The topological polar surface area (TPSA) is 55.4 Å². The lowest BCUT2D eigenvalue weighted by Gasteiger charge is -2.06. The van der Waals surface area contributed by atoms with Crippen molar-refractivity contribution in [3.05, 3.63) is 0 Å². The fourth-order valence-electron chi connectivity index (χ4n) is 0.891. The lowest BCUT2D eigenvalue weighted by molar-refractivity contribution is -0.143. The third-order valence-electron chi connectivity index (χ3n) is 1.68. The third kappa shape index (κ3) is 7.58. The molecule has 0 bridgehead atoms. The molecule has 0 aromatic rings. The van der Waals surface area contributed by atoms with Crippen LogP contribution < -0.4 is 5.32 Å². The first-order valence-electron chi connectivity index (χ1n) is 4.98. The summed E-state index contributed by atoms with van der Waals surface area (Å²) >= 11 is 0. The Morgan fingerprint density at radius 2 is 2.00 bits per heavy atom. The van der Waals surface area contributed by atoms with Crippen molar-refractivity contribution in [2.45, 2.75) is 33.6 Å². The molecule has 0 atom stereocenters. The molecular formula is C10H19NO3. The predicted octanol–water partition coefficient (Wildman–Crippen LogP) is 1.10. The summed E-state index contributed by atoms with van der Waals surface area (Å²) in [7, 11) is 0. The van der Waals surface area contributed by atoms with E-state index in [4.69, 9.17) is 0 Å². The van der Waals surface area contributed by atoms with Gasteiger partial charge in [0.1, 0.15) is 6.54 Å². The van der Waals surface area contributed by atoms with Crippen molar-refractivity contribution < 1.29 is 14.3 Å². The molecule has 82 valence electrons. The van der Waals surface area contributed by atoms with E-state index in [0.717, 1.165) is 6.42 Å². The van der Waals surface area contributed by atoms with Crippen molar-refractivity contribution in [2.24, 2.45) is 5.92 Å². The molecule has 0 fully saturated rings. The number of esters is 1. The van der Waals surface area contributed by atoms with Gasteiger partial charge in [-0.2, -0.15) is 0 Å². The molecule has 0 aromatic heterocycles. The van der Waals surface area contributed by atoms with Gasteiger partial charge in [0.05, 0.1) is 6.61 Å². The third-order valence-corrected chi connectivity index (χ3v) is 1.68. The van der Waals surface area contributed by atoms with E-state index >= 15 is 0 Å². The number of carbonyl (C=O) groups is 2. The Morgan fingerprint density at radius 1 is 1.36 bits per heavy atom. The maximum Gasteiger partial charge on any atom is 0.325 e. The van der Waals surface area contributed by atoms with Gasteiger partial charge in [-0.05, 0) is 19.3 Å². The number of carbonyl (C=O) groups excluding carboxylic acids is 2. The Labute approximate surface area is 85.0 Å². The van der Waals surface area contributed by atoms with E-state index in [1.807, 2.05) is 0 Å². The van der Waals surface area contributed by atoms with E-state index in [0.29, 0.717) is 18.9 Å². The molecule has 0 spiro atoms. The SMILES string of the molecule is CCOC(=O)CNC(=O)CCC(C)C. The molecule has 0 unspecified atom stereocenters. The van der Waals surface area contributed by atoms with Crippen LogP contribution in [0.1, 0.15) is 33.6 Å². The molecule has 0 aliphatic rings. The summed E-state index contributed by atoms with van der Waals surface area (Å²) in [5, 5.41) is 2.51. The molecule has 0 aromatic carbocycles. The minimum Gasteiger partial charge on any atom is -0.465 e. The summed E-state index contributed by atoms with van der Waals surface area (Å²) in [6, 6.07) is 0. The van der Waals surface area contributed by atoms with E-state index < -0.39 is 0 Å². The molecule has 0 rings (SSSR count). The summed E-state index contributed by atoms with van der Waals surface area (Å²) in [6.07, 6.45) is 1.31. The molecule has 0 saturated heterocycles. The van der Waals surface area contributed by atoms with Gasteiger partial charge >= 0.3 is 5.97 Å². The largest absolute Gasteiger partial charge is 0.465 e. The smallest absolute Gasteiger partial charge is 0.325 e. The zero-order valence-electron chi connectivity index (χ0n) is 9.13. The Morgan fingerprint density at radius 3 is 2.50 bits per heavy atom. The zero-order chi connectivity index (χ0) is 11.0. The summed E-state index contributed by atoms with van der Waals surface area (Å²) in [5.74, 6) is 0.0282. The van der Waals surface area contributed by atoms with Crippen molar-refractivity contribution >= 4 is 11.9 Å². The number of amides is 1. The number of hydrogen-bond acceptors (Lipinski definition) is 3. The predicted molar refractivity (Wildman–Crippen MR) is 53.7 cm³/mol. The van der Waals surface area contributed by atoms with Crippen LogP contribution in [0.4, 0.5) is 0 Å². The normalized spacial score (nSPS) is 10.0. The molecule has 0 saturated carbocycles. The molecule has 1 amide bonds. The first-order valence-corrected chi connectivity index (χ1v) is 4.98. The van der Waals surface area contributed by atoms with Crippen LogP contribution in [0.3, 0.4) is 0 Å². The number of rotatable bonds is 6. The second-order valence-corrected chi connectivity index (χ2v) is 3.51. The molecule has 14 heavy (non-hydrogen) atoms. The highest BCUT2D eigenvalue weighted by Crippen LogP contribution is 2.02. The Hall–Kier alpha value is -1.06. The van der Waals surface area contributed by atoms with Gasteiger partial charge in [-0.15, -0.1) is 0 Å². The molecule has 0 radical (unpaired) electrons. The minimum absolute atomic E-state index is 0.0230. The highest BCUT2D eigenvalue weighted by atomic mass is 16.5. The highest BCUT2D eigenvalue weighted by molar-refractivity contribution is 5.81. The second-order valence-electron chi connectivity index (χ2n) is 3.51. The lowest BCUT2D eigenvalue weighted by atomic mass is 10.1. The van der Waals surface area contributed by atoms with Crippen LogP contribution in [-0.4, -0.2) is 25.0 Å². The average molecular weight is 201 g/mol. The maximum atomic E-state index is 11.1. The van der Waals surface area contributed by atoms with Gasteiger partial charge in [-0.3, -0.25) is 9.59 Å². The first kappa shape index (κ1) is 12.9. The van der Waals surface area contributed by atoms with Gasteiger partial charge in [0, 0.05) is 6.42 Å². The van der Waals surface area contributed by atoms with Crippen LogP contribution in [0.25, 0.3) is 0 Å². The van der Waals surface area contributed by atoms with E-state index in [2.05, 4.69) is 23.9 Å². The summed E-state index contributed by atoms with van der Waals surface area (Å²) in [4.78, 5) is 22.0. The highest BCUT2D eigenvalue weighted by Gasteiger charge is 2.06.